The largest absolute Gasteiger partial charge is 0.416 e. The van der Waals surface area contributed by atoms with Crippen molar-refractivity contribution in [3.63, 3.8) is 0 Å². The predicted octanol–water partition coefficient (Wildman–Crippen LogP) is 4.38. The van der Waals surface area contributed by atoms with Crippen LogP contribution in [0, 0.1) is 0 Å². The topological polar surface area (TPSA) is 88.0 Å². The first-order chi connectivity index (χ1) is 16.3. The first-order valence-corrected chi connectivity index (χ1v) is 11.2. The third kappa shape index (κ3) is 5.77. The number of benzene rings is 1. The summed E-state index contributed by atoms with van der Waals surface area (Å²) in [5.41, 5.74) is 2.22. The van der Waals surface area contributed by atoms with Crippen molar-refractivity contribution < 1.29 is 23.1 Å². The quantitative estimate of drug-likeness (QED) is 0.559. The van der Waals surface area contributed by atoms with E-state index in [2.05, 4.69) is 20.3 Å². The van der Waals surface area contributed by atoms with Crippen LogP contribution in [0.3, 0.4) is 0 Å². The highest BCUT2D eigenvalue weighted by molar-refractivity contribution is 5.95. The number of pyridine rings is 1. The van der Waals surface area contributed by atoms with Crippen molar-refractivity contribution in [1.29, 1.82) is 0 Å². The number of aliphatic hydroxyl groups excluding tert-OH is 1. The van der Waals surface area contributed by atoms with Crippen molar-refractivity contribution in [1.82, 2.24) is 20.3 Å². The Kier molecular flexibility index (Phi) is 7.21. The van der Waals surface area contributed by atoms with Gasteiger partial charge in [0.15, 0.2) is 0 Å². The molecule has 2 aromatic heterocycles. The minimum atomic E-state index is -4.44. The normalized spacial score (nSPS) is 18.5. The van der Waals surface area contributed by atoms with Gasteiger partial charge in [-0.1, -0.05) is 25.0 Å². The Labute approximate surface area is 195 Å². The van der Waals surface area contributed by atoms with E-state index in [4.69, 9.17) is 0 Å². The van der Waals surface area contributed by atoms with E-state index in [0.29, 0.717) is 48.1 Å². The number of nitrogens with one attached hydrogen (secondary N) is 1. The number of aryl methyl sites for hydroxylation is 2. The molecule has 3 aromatic rings. The van der Waals surface area contributed by atoms with Gasteiger partial charge < -0.3 is 10.4 Å². The number of nitrogens with zero attached hydrogens (tertiary/aromatic N) is 3. The van der Waals surface area contributed by atoms with E-state index in [-0.39, 0.29) is 11.9 Å². The van der Waals surface area contributed by atoms with Gasteiger partial charge in [-0.2, -0.15) is 13.2 Å². The summed E-state index contributed by atoms with van der Waals surface area (Å²) in [6.45, 7) is 0. The Balaban J connectivity index is 1.62. The minimum Gasteiger partial charge on any atom is -0.391 e. The van der Waals surface area contributed by atoms with Crippen LogP contribution in [-0.4, -0.2) is 38.1 Å². The fourth-order valence-corrected chi connectivity index (χ4v) is 4.16. The van der Waals surface area contributed by atoms with Crippen LogP contribution in [-0.2, 0) is 19.0 Å². The summed E-state index contributed by atoms with van der Waals surface area (Å²) in [4.78, 5) is 25.4. The fraction of sp³-hybridized carbons (Fsp3) is 0.360. The summed E-state index contributed by atoms with van der Waals surface area (Å²) in [5, 5.41) is 13.1. The molecule has 1 aromatic carbocycles. The molecule has 0 spiro atoms. The van der Waals surface area contributed by atoms with Gasteiger partial charge in [0.2, 0.25) is 0 Å². The highest BCUT2D eigenvalue weighted by Gasteiger charge is 2.30. The monoisotopic (exact) mass is 470 g/mol. The van der Waals surface area contributed by atoms with E-state index >= 15 is 0 Å². The lowest BCUT2D eigenvalue weighted by atomic mass is 9.92. The van der Waals surface area contributed by atoms with Gasteiger partial charge in [-0.15, -0.1) is 0 Å². The van der Waals surface area contributed by atoms with Gasteiger partial charge >= 0.3 is 6.18 Å². The van der Waals surface area contributed by atoms with Gasteiger partial charge in [-0.25, -0.2) is 9.97 Å². The molecule has 2 atom stereocenters. The molecule has 0 radical (unpaired) electrons. The van der Waals surface area contributed by atoms with E-state index in [9.17, 15) is 23.1 Å². The second-order valence-corrected chi connectivity index (χ2v) is 8.47. The maximum absolute atomic E-state index is 13.0. The van der Waals surface area contributed by atoms with E-state index < -0.39 is 17.8 Å². The van der Waals surface area contributed by atoms with Crippen molar-refractivity contribution in [2.45, 2.75) is 56.8 Å². The highest BCUT2D eigenvalue weighted by Crippen LogP contribution is 2.32. The standard InChI is InChI=1S/C25H25F3N4O2/c26-25(27,28)19-8-6-17(7-9-19)20-11-18(24(34)32-22-3-1-2-4-23(22)33)14-31-21(20)10-5-16-12-29-15-30-13-16/h6-9,11-15,22-23,33H,1-5,10H2,(H,32,34). The van der Waals surface area contributed by atoms with Crippen LogP contribution >= 0.6 is 0 Å². The Bertz CT molecular complexity index is 1120. The van der Waals surface area contributed by atoms with E-state index in [1.54, 1.807) is 18.5 Å². The van der Waals surface area contributed by atoms with Crippen molar-refractivity contribution >= 4 is 5.91 Å². The van der Waals surface area contributed by atoms with E-state index in [1.807, 2.05) is 0 Å². The lowest BCUT2D eigenvalue weighted by Crippen LogP contribution is -2.45. The van der Waals surface area contributed by atoms with E-state index in [1.165, 1.54) is 24.7 Å². The molecule has 6 nitrogen and oxygen atoms in total. The van der Waals surface area contributed by atoms with Gasteiger partial charge in [-0.05, 0) is 55.0 Å². The minimum absolute atomic E-state index is 0.291. The molecule has 4 rings (SSSR count). The van der Waals surface area contributed by atoms with Crippen LogP contribution in [0.1, 0.15) is 52.9 Å². The van der Waals surface area contributed by atoms with Crippen molar-refractivity contribution in [3.05, 3.63) is 77.6 Å². The Hall–Kier alpha value is -3.33. The summed E-state index contributed by atoms with van der Waals surface area (Å²) in [5.74, 6) is -0.366. The number of rotatable bonds is 6. The van der Waals surface area contributed by atoms with Crippen molar-refractivity contribution in [3.8, 4) is 11.1 Å². The van der Waals surface area contributed by atoms with Crippen LogP contribution in [0.25, 0.3) is 11.1 Å². The second-order valence-electron chi connectivity index (χ2n) is 8.47. The average molecular weight is 470 g/mol. The Morgan fingerprint density at radius 1 is 1.03 bits per heavy atom. The van der Waals surface area contributed by atoms with Gasteiger partial charge in [0.1, 0.15) is 6.33 Å². The highest BCUT2D eigenvalue weighted by atomic mass is 19.4. The molecule has 2 heterocycles. The van der Waals surface area contributed by atoms with Gasteiger partial charge in [0, 0.05) is 29.8 Å². The number of hydrogen-bond donors (Lipinski definition) is 2. The summed E-state index contributed by atoms with van der Waals surface area (Å²) < 4.78 is 39.1. The molecule has 34 heavy (non-hydrogen) atoms. The summed E-state index contributed by atoms with van der Waals surface area (Å²) in [7, 11) is 0. The maximum atomic E-state index is 13.0. The Morgan fingerprint density at radius 3 is 2.41 bits per heavy atom. The average Bonchev–Trinajstić information content (AvgIpc) is 2.84. The van der Waals surface area contributed by atoms with E-state index in [0.717, 1.165) is 30.5 Å². The van der Waals surface area contributed by atoms with Crippen LogP contribution in [0.2, 0.25) is 0 Å². The number of aliphatic hydroxyl groups is 1. The van der Waals surface area contributed by atoms with Gasteiger partial charge in [-0.3, -0.25) is 9.78 Å². The molecular weight excluding hydrogens is 445 g/mol. The number of halogens is 3. The molecule has 1 fully saturated rings. The van der Waals surface area contributed by atoms with Crippen molar-refractivity contribution in [2.24, 2.45) is 0 Å². The molecule has 1 aliphatic carbocycles. The third-order valence-corrected chi connectivity index (χ3v) is 6.07. The van der Waals surface area contributed by atoms with Gasteiger partial charge in [0.25, 0.3) is 5.91 Å². The number of alkyl halides is 3. The zero-order valence-corrected chi connectivity index (χ0v) is 18.4. The zero-order valence-electron chi connectivity index (χ0n) is 18.4. The number of aromatic nitrogens is 3. The molecule has 0 aliphatic heterocycles. The SMILES string of the molecule is O=C(NC1CCCCC1O)c1cnc(CCc2cncnc2)c(-c2ccc(C(F)(F)F)cc2)c1. The first-order valence-electron chi connectivity index (χ1n) is 11.2. The lowest BCUT2D eigenvalue weighted by molar-refractivity contribution is -0.137. The van der Waals surface area contributed by atoms with Crippen LogP contribution in [0.15, 0.2) is 55.2 Å². The number of hydrogen-bond acceptors (Lipinski definition) is 5. The number of carbonyl (C=O) groups excluding carboxylic acids is 1. The molecule has 0 saturated heterocycles. The van der Waals surface area contributed by atoms with Crippen molar-refractivity contribution in [2.75, 3.05) is 0 Å². The first kappa shape index (κ1) is 23.8. The fourth-order valence-electron chi connectivity index (χ4n) is 4.16. The molecular formula is C25H25F3N4O2. The molecule has 9 heteroatoms. The summed E-state index contributed by atoms with van der Waals surface area (Å²) in [6, 6.07) is 6.15. The number of carbonyl (C=O) groups is 1. The molecule has 1 aliphatic rings. The molecule has 2 unspecified atom stereocenters. The van der Waals surface area contributed by atoms with Crippen LogP contribution in [0.5, 0.6) is 0 Å². The Morgan fingerprint density at radius 2 is 1.74 bits per heavy atom. The molecule has 1 saturated carbocycles. The van der Waals surface area contributed by atoms with Gasteiger partial charge in [0.05, 0.1) is 23.3 Å². The van der Waals surface area contributed by atoms with Crippen LogP contribution < -0.4 is 5.32 Å². The molecule has 0 bridgehead atoms. The smallest absolute Gasteiger partial charge is 0.391 e. The molecule has 1 amide bonds. The molecule has 2 N–H and O–H groups in total. The number of amides is 1. The zero-order chi connectivity index (χ0) is 24.1. The third-order valence-electron chi connectivity index (χ3n) is 6.07. The maximum Gasteiger partial charge on any atom is 0.416 e. The summed E-state index contributed by atoms with van der Waals surface area (Å²) in [6.07, 6.45) is 5.54. The van der Waals surface area contributed by atoms with Crippen LogP contribution in [0.4, 0.5) is 13.2 Å². The predicted molar refractivity (Wildman–Crippen MR) is 120 cm³/mol. The molecule has 178 valence electrons. The lowest BCUT2D eigenvalue weighted by Gasteiger charge is -2.28. The second kappa shape index (κ2) is 10.3. The summed E-state index contributed by atoms with van der Waals surface area (Å²) >= 11 is 0.